The van der Waals surface area contributed by atoms with E-state index in [1.54, 1.807) is 4.68 Å². The quantitative estimate of drug-likeness (QED) is 0.531. The van der Waals surface area contributed by atoms with E-state index in [1.807, 2.05) is 41.3 Å². The molecule has 1 aromatic heterocycles. The molecule has 5 rings (SSSR count). The average Bonchev–Trinajstić information content (AvgIpc) is 3.50. The molecule has 170 valence electrons. The number of esters is 1. The van der Waals surface area contributed by atoms with E-state index in [0.29, 0.717) is 18.6 Å². The first-order valence-electron chi connectivity index (χ1n) is 11.2. The maximum Gasteiger partial charge on any atom is 0.338 e. The molecule has 1 fully saturated rings. The molecule has 0 bridgehead atoms. The van der Waals surface area contributed by atoms with Crippen LogP contribution in [0.4, 0.5) is 0 Å². The Bertz CT molecular complexity index is 1170. The van der Waals surface area contributed by atoms with Crippen molar-refractivity contribution in [1.82, 2.24) is 30.0 Å². The predicted molar refractivity (Wildman–Crippen MR) is 120 cm³/mol. The van der Waals surface area contributed by atoms with Crippen LogP contribution in [0.2, 0.25) is 0 Å². The first-order chi connectivity index (χ1) is 16.1. The number of amides is 1. The molecule has 0 unspecified atom stereocenters. The monoisotopic (exact) mass is 446 g/mol. The number of cyclic esters (lactones) is 1. The smallest absolute Gasteiger partial charge is 0.338 e. The van der Waals surface area contributed by atoms with Crippen molar-refractivity contribution in [3.63, 3.8) is 0 Å². The van der Waals surface area contributed by atoms with Crippen LogP contribution in [0, 0.1) is 6.92 Å². The highest BCUT2D eigenvalue weighted by Crippen LogP contribution is 2.26. The lowest BCUT2D eigenvalue weighted by molar-refractivity contribution is -0.132. The molecule has 0 saturated carbocycles. The van der Waals surface area contributed by atoms with E-state index in [0.717, 1.165) is 61.5 Å². The number of piperazine rings is 1. The molecule has 0 radical (unpaired) electrons. The normalized spacial score (nSPS) is 16.0. The number of fused-ring (bicyclic) bond motifs is 1. The van der Waals surface area contributed by atoms with Gasteiger partial charge in [-0.25, -0.2) is 9.48 Å². The maximum atomic E-state index is 12.9. The van der Waals surface area contributed by atoms with E-state index in [4.69, 9.17) is 4.74 Å². The van der Waals surface area contributed by atoms with Crippen LogP contribution in [0.5, 0.6) is 0 Å². The molecule has 1 saturated heterocycles. The van der Waals surface area contributed by atoms with Crippen molar-refractivity contribution in [1.29, 1.82) is 0 Å². The average molecular weight is 447 g/mol. The van der Waals surface area contributed by atoms with Gasteiger partial charge in [0, 0.05) is 38.3 Å². The molecule has 0 aliphatic carbocycles. The van der Waals surface area contributed by atoms with Gasteiger partial charge in [-0.15, -0.1) is 5.10 Å². The van der Waals surface area contributed by atoms with Gasteiger partial charge in [0.15, 0.2) is 0 Å². The summed E-state index contributed by atoms with van der Waals surface area (Å²) in [6, 6.07) is 11.7. The SMILES string of the molecule is Cc1c(CCN2CCN(C(=O)Cc3cccc(-n4cnnn4)c3)CC2)ccc2c1COC2=O. The number of carbonyl (C=O) groups is 2. The lowest BCUT2D eigenvalue weighted by Crippen LogP contribution is -2.49. The highest BCUT2D eigenvalue weighted by Gasteiger charge is 2.25. The van der Waals surface area contributed by atoms with Crippen LogP contribution in [0.3, 0.4) is 0 Å². The zero-order valence-electron chi connectivity index (χ0n) is 18.6. The second-order valence-corrected chi connectivity index (χ2v) is 8.53. The van der Waals surface area contributed by atoms with Gasteiger partial charge in [0.05, 0.1) is 17.7 Å². The third kappa shape index (κ3) is 4.49. The molecule has 0 spiro atoms. The second-order valence-electron chi connectivity index (χ2n) is 8.53. The van der Waals surface area contributed by atoms with Gasteiger partial charge in [-0.3, -0.25) is 9.69 Å². The summed E-state index contributed by atoms with van der Waals surface area (Å²) in [6.07, 6.45) is 2.83. The maximum absolute atomic E-state index is 12.9. The Labute approximate surface area is 191 Å². The molecular weight excluding hydrogens is 420 g/mol. The predicted octanol–water partition coefficient (Wildman–Crippen LogP) is 1.57. The Hall–Kier alpha value is -3.59. The lowest BCUT2D eigenvalue weighted by Gasteiger charge is -2.35. The summed E-state index contributed by atoms with van der Waals surface area (Å²) in [5, 5.41) is 11.2. The third-order valence-electron chi connectivity index (χ3n) is 6.58. The zero-order chi connectivity index (χ0) is 22.8. The van der Waals surface area contributed by atoms with Crippen LogP contribution in [0.1, 0.15) is 32.6 Å². The molecule has 2 aromatic carbocycles. The van der Waals surface area contributed by atoms with Crippen LogP contribution >= 0.6 is 0 Å². The van der Waals surface area contributed by atoms with Gasteiger partial charge < -0.3 is 9.64 Å². The summed E-state index contributed by atoms with van der Waals surface area (Å²) < 4.78 is 6.74. The number of hydrogen-bond donors (Lipinski definition) is 0. The summed E-state index contributed by atoms with van der Waals surface area (Å²) in [5.41, 5.74) is 5.94. The summed E-state index contributed by atoms with van der Waals surface area (Å²) in [6.45, 7) is 6.58. The molecule has 0 atom stereocenters. The zero-order valence-corrected chi connectivity index (χ0v) is 18.6. The fraction of sp³-hybridized carbons (Fsp3) is 0.375. The van der Waals surface area contributed by atoms with Crippen LogP contribution in [0.25, 0.3) is 5.69 Å². The van der Waals surface area contributed by atoms with Gasteiger partial charge >= 0.3 is 5.97 Å². The van der Waals surface area contributed by atoms with Crippen molar-refractivity contribution in [3.05, 3.63) is 70.5 Å². The van der Waals surface area contributed by atoms with Crippen molar-refractivity contribution in [3.8, 4) is 5.69 Å². The minimum Gasteiger partial charge on any atom is -0.457 e. The number of tetrazole rings is 1. The van der Waals surface area contributed by atoms with Gasteiger partial charge in [0.25, 0.3) is 0 Å². The Kier molecular flexibility index (Phi) is 5.87. The molecule has 33 heavy (non-hydrogen) atoms. The highest BCUT2D eigenvalue weighted by molar-refractivity contribution is 5.93. The number of carbonyl (C=O) groups excluding carboxylic acids is 2. The summed E-state index contributed by atoms with van der Waals surface area (Å²) in [7, 11) is 0. The fourth-order valence-corrected chi connectivity index (χ4v) is 4.54. The van der Waals surface area contributed by atoms with Gasteiger partial charge in [-0.2, -0.15) is 0 Å². The fourth-order valence-electron chi connectivity index (χ4n) is 4.54. The molecule has 9 nitrogen and oxygen atoms in total. The Morgan fingerprint density at radius 3 is 2.76 bits per heavy atom. The van der Waals surface area contributed by atoms with Gasteiger partial charge in [-0.05, 0) is 58.7 Å². The molecule has 9 heteroatoms. The van der Waals surface area contributed by atoms with Crippen molar-refractivity contribution in [2.75, 3.05) is 32.7 Å². The number of ether oxygens (including phenoxy) is 1. The van der Waals surface area contributed by atoms with Crippen LogP contribution in [0.15, 0.2) is 42.7 Å². The van der Waals surface area contributed by atoms with Crippen LogP contribution < -0.4 is 0 Å². The van der Waals surface area contributed by atoms with E-state index in [2.05, 4.69) is 27.3 Å². The van der Waals surface area contributed by atoms with E-state index in [9.17, 15) is 9.59 Å². The molecule has 0 N–H and O–H groups in total. The van der Waals surface area contributed by atoms with Crippen LogP contribution in [-0.4, -0.2) is 74.6 Å². The lowest BCUT2D eigenvalue weighted by atomic mass is 9.96. The van der Waals surface area contributed by atoms with E-state index >= 15 is 0 Å². The number of benzene rings is 2. The minimum atomic E-state index is -0.220. The number of rotatable bonds is 6. The standard InChI is InChI=1S/C24H26N6O3/c1-17-19(5-6-21-22(17)15-33-24(21)32)7-8-28-9-11-29(12-10-28)23(31)14-18-3-2-4-20(13-18)30-16-25-26-27-30/h2-6,13,16H,7-12,14-15H2,1H3. The van der Waals surface area contributed by atoms with Gasteiger partial charge in [0.1, 0.15) is 12.9 Å². The number of aromatic nitrogens is 4. The van der Waals surface area contributed by atoms with Crippen molar-refractivity contribution in [2.24, 2.45) is 0 Å². The Morgan fingerprint density at radius 1 is 1.12 bits per heavy atom. The first kappa shape index (κ1) is 21.3. The summed E-state index contributed by atoms with van der Waals surface area (Å²) >= 11 is 0. The molecule has 2 aliphatic rings. The van der Waals surface area contributed by atoms with E-state index in [-0.39, 0.29) is 11.9 Å². The highest BCUT2D eigenvalue weighted by atomic mass is 16.5. The third-order valence-corrected chi connectivity index (χ3v) is 6.58. The second kappa shape index (κ2) is 9.11. The largest absolute Gasteiger partial charge is 0.457 e. The molecule has 3 heterocycles. The number of nitrogens with zero attached hydrogens (tertiary/aromatic N) is 6. The van der Waals surface area contributed by atoms with Crippen LogP contribution in [-0.2, 0) is 29.0 Å². The van der Waals surface area contributed by atoms with Crippen molar-refractivity contribution in [2.45, 2.75) is 26.4 Å². The Morgan fingerprint density at radius 2 is 1.97 bits per heavy atom. The molecule has 3 aromatic rings. The topological polar surface area (TPSA) is 93.5 Å². The van der Waals surface area contributed by atoms with Crippen molar-refractivity contribution >= 4 is 11.9 Å². The van der Waals surface area contributed by atoms with Gasteiger partial charge in [-0.1, -0.05) is 18.2 Å². The number of hydrogen-bond acceptors (Lipinski definition) is 7. The molecular formula is C24H26N6O3. The summed E-state index contributed by atoms with van der Waals surface area (Å²) in [5.74, 6) is -0.0785. The summed E-state index contributed by atoms with van der Waals surface area (Å²) in [4.78, 5) is 28.9. The van der Waals surface area contributed by atoms with Crippen molar-refractivity contribution < 1.29 is 14.3 Å². The van der Waals surface area contributed by atoms with E-state index < -0.39 is 0 Å². The van der Waals surface area contributed by atoms with E-state index in [1.165, 1.54) is 11.9 Å². The molecule has 1 amide bonds. The Balaban J connectivity index is 1.12. The minimum absolute atomic E-state index is 0.141. The molecule has 2 aliphatic heterocycles. The van der Waals surface area contributed by atoms with Gasteiger partial charge in [0.2, 0.25) is 5.91 Å². The first-order valence-corrected chi connectivity index (χ1v) is 11.2.